The highest BCUT2D eigenvalue weighted by molar-refractivity contribution is 8.01. The van der Waals surface area contributed by atoms with Crippen LogP contribution in [0.2, 0.25) is 0 Å². The maximum atomic E-state index is 10.5. The fourth-order valence-electron chi connectivity index (χ4n) is 1.40. The minimum atomic E-state index is -0.839. The number of pyridine rings is 1. The van der Waals surface area contributed by atoms with E-state index in [9.17, 15) is 4.79 Å². The number of carboxylic acid groups (broad SMARTS) is 1. The molecule has 2 rings (SSSR count). The highest BCUT2D eigenvalue weighted by Gasteiger charge is 2.06. The summed E-state index contributed by atoms with van der Waals surface area (Å²) in [6.07, 6.45) is 4.53. The summed E-state index contributed by atoms with van der Waals surface area (Å²) in [5.74, 6) is 0.0953. The van der Waals surface area contributed by atoms with Crippen molar-refractivity contribution in [3.05, 3.63) is 41.2 Å². The first-order valence-electron chi connectivity index (χ1n) is 5.42. The molecule has 0 unspecified atom stereocenters. The molecule has 2 aromatic heterocycles. The summed E-state index contributed by atoms with van der Waals surface area (Å²) in [6.45, 7) is 0. The maximum absolute atomic E-state index is 10.5. The van der Waals surface area contributed by atoms with Crippen molar-refractivity contribution >= 4 is 29.1 Å². The first-order valence-corrected chi connectivity index (χ1v) is 7.28. The number of aliphatic carboxylic acids is 1. The molecule has 0 atom stereocenters. The number of nitrogens with zero attached hydrogens (tertiary/aromatic N) is 2. The van der Waals surface area contributed by atoms with Crippen molar-refractivity contribution in [2.45, 2.75) is 17.2 Å². The van der Waals surface area contributed by atoms with Crippen LogP contribution in [0.5, 0.6) is 0 Å². The smallest absolute Gasteiger partial charge is 0.309 e. The van der Waals surface area contributed by atoms with Gasteiger partial charge in [0.2, 0.25) is 0 Å². The number of rotatable bonds is 6. The summed E-state index contributed by atoms with van der Waals surface area (Å²) in [7, 11) is 0. The molecule has 4 nitrogen and oxygen atoms in total. The van der Waals surface area contributed by atoms with Crippen LogP contribution in [0.4, 0.5) is 0 Å². The van der Waals surface area contributed by atoms with Crippen molar-refractivity contribution in [1.82, 2.24) is 9.97 Å². The van der Waals surface area contributed by atoms with E-state index in [1.54, 1.807) is 24.2 Å². The standard InChI is InChI=1S/C12H12N2O2S2/c15-11(16)7-10-8-18-12(14-10)17-6-3-9-1-4-13-5-2-9/h1-2,4-5,8H,3,6-7H2,(H,15,16). The van der Waals surface area contributed by atoms with E-state index in [0.717, 1.165) is 16.5 Å². The Balaban J connectivity index is 1.80. The second-order valence-electron chi connectivity index (χ2n) is 3.63. The molecule has 0 radical (unpaired) electrons. The Morgan fingerprint density at radius 1 is 1.39 bits per heavy atom. The molecule has 0 aliphatic carbocycles. The van der Waals surface area contributed by atoms with Crippen molar-refractivity contribution < 1.29 is 9.90 Å². The molecular weight excluding hydrogens is 268 g/mol. The van der Waals surface area contributed by atoms with E-state index in [0.29, 0.717) is 5.69 Å². The topological polar surface area (TPSA) is 63.1 Å². The zero-order chi connectivity index (χ0) is 12.8. The summed E-state index contributed by atoms with van der Waals surface area (Å²) >= 11 is 3.16. The quantitative estimate of drug-likeness (QED) is 0.824. The fraction of sp³-hybridized carbons (Fsp3) is 0.250. The Hall–Kier alpha value is -1.40. The number of hydrogen-bond acceptors (Lipinski definition) is 5. The van der Waals surface area contributed by atoms with E-state index in [2.05, 4.69) is 9.97 Å². The summed E-state index contributed by atoms with van der Waals surface area (Å²) in [6, 6.07) is 4.00. The Kier molecular flexibility index (Phi) is 4.72. The van der Waals surface area contributed by atoms with Crippen LogP contribution in [-0.4, -0.2) is 26.8 Å². The predicted molar refractivity (Wildman–Crippen MR) is 72.1 cm³/mol. The third-order valence-electron chi connectivity index (χ3n) is 2.23. The van der Waals surface area contributed by atoms with Gasteiger partial charge in [0.05, 0.1) is 12.1 Å². The lowest BCUT2D eigenvalue weighted by atomic mass is 10.2. The van der Waals surface area contributed by atoms with Gasteiger partial charge in [-0.25, -0.2) is 4.98 Å². The lowest BCUT2D eigenvalue weighted by Gasteiger charge is -1.98. The molecule has 18 heavy (non-hydrogen) atoms. The van der Waals surface area contributed by atoms with Gasteiger partial charge in [0, 0.05) is 23.5 Å². The Morgan fingerprint density at radius 3 is 2.89 bits per heavy atom. The number of thiazole rings is 1. The maximum Gasteiger partial charge on any atom is 0.309 e. The molecular formula is C12H12N2O2S2. The Morgan fingerprint density at radius 2 is 2.17 bits per heavy atom. The molecule has 0 amide bonds. The number of thioether (sulfide) groups is 1. The molecule has 0 aromatic carbocycles. The molecule has 0 saturated carbocycles. The number of aromatic nitrogens is 2. The van der Waals surface area contributed by atoms with E-state index < -0.39 is 5.97 Å². The number of carbonyl (C=O) groups is 1. The van der Waals surface area contributed by atoms with Crippen LogP contribution in [0.1, 0.15) is 11.3 Å². The van der Waals surface area contributed by atoms with Crippen LogP contribution in [0.25, 0.3) is 0 Å². The highest BCUT2D eigenvalue weighted by atomic mass is 32.2. The summed E-state index contributed by atoms with van der Waals surface area (Å²) in [5, 5.41) is 10.5. The summed E-state index contributed by atoms with van der Waals surface area (Å²) in [5.41, 5.74) is 1.89. The summed E-state index contributed by atoms with van der Waals surface area (Å²) in [4.78, 5) is 18.8. The Labute approximate surface area is 113 Å². The van der Waals surface area contributed by atoms with Gasteiger partial charge in [-0.1, -0.05) is 11.8 Å². The van der Waals surface area contributed by atoms with Crippen molar-refractivity contribution in [3.63, 3.8) is 0 Å². The molecule has 0 fully saturated rings. The molecule has 6 heteroatoms. The molecule has 2 heterocycles. The number of carboxylic acids is 1. The second-order valence-corrected chi connectivity index (χ2v) is 5.83. The van der Waals surface area contributed by atoms with Crippen LogP contribution in [0, 0.1) is 0 Å². The average molecular weight is 280 g/mol. The van der Waals surface area contributed by atoms with Gasteiger partial charge in [0.25, 0.3) is 0 Å². The minimum absolute atomic E-state index is 0.00140. The first-order chi connectivity index (χ1) is 8.74. The molecule has 0 aliphatic heterocycles. The molecule has 2 aromatic rings. The Bertz CT molecular complexity index is 514. The average Bonchev–Trinajstić information content (AvgIpc) is 2.77. The van der Waals surface area contributed by atoms with Gasteiger partial charge in [0.1, 0.15) is 4.34 Å². The molecule has 1 N–H and O–H groups in total. The molecule has 0 spiro atoms. The van der Waals surface area contributed by atoms with E-state index in [4.69, 9.17) is 5.11 Å². The van der Waals surface area contributed by atoms with Crippen LogP contribution in [-0.2, 0) is 17.6 Å². The monoisotopic (exact) mass is 280 g/mol. The molecule has 0 aliphatic rings. The fourth-order valence-corrected chi connectivity index (χ4v) is 3.30. The van der Waals surface area contributed by atoms with E-state index in [1.807, 2.05) is 17.5 Å². The zero-order valence-corrected chi connectivity index (χ0v) is 11.2. The zero-order valence-electron chi connectivity index (χ0n) is 9.57. The largest absolute Gasteiger partial charge is 0.481 e. The van der Waals surface area contributed by atoms with Gasteiger partial charge in [-0.2, -0.15) is 0 Å². The predicted octanol–water partition coefficient (Wildman–Crippen LogP) is 2.50. The van der Waals surface area contributed by atoms with Crippen LogP contribution < -0.4 is 0 Å². The van der Waals surface area contributed by atoms with Crippen molar-refractivity contribution in [3.8, 4) is 0 Å². The number of hydrogen-bond donors (Lipinski definition) is 1. The van der Waals surface area contributed by atoms with Crippen LogP contribution in [0.3, 0.4) is 0 Å². The van der Waals surface area contributed by atoms with Gasteiger partial charge in [-0.3, -0.25) is 9.78 Å². The van der Waals surface area contributed by atoms with Crippen molar-refractivity contribution in [2.24, 2.45) is 0 Å². The summed E-state index contributed by atoms with van der Waals surface area (Å²) < 4.78 is 0.931. The highest BCUT2D eigenvalue weighted by Crippen LogP contribution is 2.23. The SMILES string of the molecule is O=C(O)Cc1csc(SCCc2ccncc2)n1. The minimum Gasteiger partial charge on any atom is -0.481 e. The lowest BCUT2D eigenvalue weighted by Crippen LogP contribution is -1.99. The van der Waals surface area contributed by atoms with Crippen LogP contribution in [0.15, 0.2) is 34.2 Å². The normalized spacial score (nSPS) is 10.4. The number of aryl methyl sites for hydroxylation is 1. The van der Waals surface area contributed by atoms with Gasteiger partial charge >= 0.3 is 5.97 Å². The van der Waals surface area contributed by atoms with Gasteiger partial charge in [-0.15, -0.1) is 11.3 Å². The van der Waals surface area contributed by atoms with Crippen LogP contribution >= 0.6 is 23.1 Å². The van der Waals surface area contributed by atoms with Crippen molar-refractivity contribution in [1.29, 1.82) is 0 Å². The lowest BCUT2D eigenvalue weighted by molar-refractivity contribution is -0.136. The molecule has 0 bridgehead atoms. The van der Waals surface area contributed by atoms with Gasteiger partial charge in [0.15, 0.2) is 0 Å². The third kappa shape index (κ3) is 4.12. The molecule has 94 valence electrons. The van der Waals surface area contributed by atoms with E-state index >= 15 is 0 Å². The van der Waals surface area contributed by atoms with E-state index in [1.165, 1.54) is 16.9 Å². The first kappa shape index (κ1) is 13.0. The van der Waals surface area contributed by atoms with E-state index in [-0.39, 0.29) is 6.42 Å². The molecule has 0 saturated heterocycles. The second kappa shape index (κ2) is 6.51. The van der Waals surface area contributed by atoms with Gasteiger partial charge < -0.3 is 5.11 Å². The van der Waals surface area contributed by atoms with Gasteiger partial charge in [-0.05, 0) is 24.1 Å². The van der Waals surface area contributed by atoms with Crippen molar-refractivity contribution in [2.75, 3.05) is 5.75 Å². The third-order valence-corrected chi connectivity index (χ3v) is 4.30.